The van der Waals surface area contributed by atoms with Gasteiger partial charge in [0.1, 0.15) is 23.5 Å². The van der Waals surface area contributed by atoms with Crippen molar-refractivity contribution >= 4 is 17.5 Å². The molecule has 0 radical (unpaired) electrons. The molecule has 2 aliphatic rings. The summed E-state index contributed by atoms with van der Waals surface area (Å²) in [5, 5.41) is 0. The summed E-state index contributed by atoms with van der Waals surface area (Å²) < 4.78 is 0. The van der Waals surface area contributed by atoms with E-state index in [0.29, 0.717) is 25.2 Å². The van der Waals surface area contributed by atoms with Crippen molar-refractivity contribution in [1.82, 2.24) is 19.9 Å². The summed E-state index contributed by atoms with van der Waals surface area (Å²) in [6, 6.07) is 6.19. The van der Waals surface area contributed by atoms with E-state index in [1.807, 2.05) is 25.1 Å². The SMILES string of the molecule is CN(C)c1cc(N(C2CC2)C2CCN(C(=O)c3ccc[nH]c3=O)CC2)ncn1. The normalized spacial score (nSPS) is 17.4. The number of nitrogens with one attached hydrogen (secondary N) is 1. The molecule has 1 saturated heterocycles. The number of rotatable bonds is 5. The van der Waals surface area contributed by atoms with Crippen LogP contribution in [-0.2, 0) is 0 Å². The van der Waals surface area contributed by atoms with Gasteiger partial charge in [-0.1, -0.05) is 0 Å². The lowest BCUT2D eigenvalue weighted by Gasteiger charge is -2.39. The molecular weight excluding hydrogens is 356 g/mol. The van der Waals surface area contributed by atoms with Crippen LogP contribution in [0.1, 0.15) is 36.0 Å². The zero-order valence-corrected chi connectivity index (χ0v) is 16.3. The number of amides is 1. The molecule has 8 nitrogen and oxygen atoms in total. The number of aromatic nitrogens is 3. The maximum Gasteiger partial charge on any atom is 0.260 e. The molecule has 0 atom stereocenters. The molecule has 1 N–H and O–H groups in total. The first-order chi connectivity index (χ1) is 13.5. The topological polar surface area (TPSA) is 85.4 Å². The summed E-state index contributed by atoms with van der Waals surface area (Å²) in [5.41, 5.74) is -0.113. The number of pyridine rings is 1. The summed E-state index contributed by atoms with van der Waals surface area (Å²) in [5.74, 6) is 1.67. The Labute approximate surface area is 164 Å². The molecule has 2 aromatic heterocycles. The van der Waals surface area contributed by atoms with Crippen molar-refractivity contribution in [3.63, 3.8) is 0 Å². The fraction of sp³-hybridized carbons (Fsp3) is 0.500. The average Bonchev–Trinajstić information content (AvgIpc) is 3.54. The average molecular weight is 382 g/mol. The van der Waals surface area contributed by atoms with E-state index >= 15 is 0 Å². The fourth-order valence-electron chi connectivity index (χ4n) is 3.86. The van der Waals surface area contributed by atoms with Crippen LogP contribution in [0.4, 0.5) is 11.6 Å². The second-order valence-corrected chi connectivity index (χ2v) is 7.70. The van der Waals surface area contributed by atoms with Crippen LogP contribution in [0, 0.1) is 0 Å². The largest absolute Gasteiger partial charge is 0.363 e. The number of H-pyrrole nitrogens is 1. The molecule has 8 heteroatoms. The van der Waals surface area contributed by atoms with Gasteiger partial charge in [-0.3, -0.25) is 9.59 Å². The van der Waals surface area contributed by atoms with Crippen molar-refractivity contribution in [2.24, 2.45) is 0 Å². The van der Waals surface area contributed by atoms with E-state index in [9.17, 15) is 9.59 Å². The van der Waals surface area contributed by atoms with Gasteiger partial charge in [-0.05, 0) is 37.8 Å². The van der Waals surface area contributed by atoms with E-state index < -0.39 is 0 Å². The van der Waals surface area contributed by atoms with E-state index in [1.165, 1.54) is 12.8 Å². The van der Waals surface area contributed by atoms with Crippen LogP contribution in [0.15, 0.2) is 35.5 Å². The van der Waals surface area contributed by atoms with Crippen molar-refractivity contribution in [2.75, 3.05) is 37.0 Å². The Morgan fingerprint density at radius 2 is 1.79 bits per heavy atom. The van der Waals surface area contributed by atoms with Crippen molar-refractivity contribution in [1.29, 1.82) is 0 Å². The molecule has 1 amide bonds. The second-order valence-electron chi connectivity index (χ2n) is 7.70. The zero-order chi connectivity index (χ0) is 19.7. The maximum absolute atomic E-state index is 12.7. The fourth-order valence-corrected chi connectivity index (χ4v) is 3.86. The number of nitrogens with zero attached hydrogens (tertiary/aromatic N) is 5. The zero-order valence-electron chi connectivity index (χ0n) is 16.3. The Bertz CT molecular complexity index is 899. The van der Waals surface area contributed by atoms with Crippen LogP contribution in [-0.4, -0.2) is 65.0 Å². The number of hydrogen-bond donors (Lipinski definition) is 1. The van der Waals surface area contributed by atoms with Crippen LogP contribution in [0.2, 0.25) is 0 Å². The van der Waals surface area contributed by atoms with Crippen molar-refractivity contribution < 1.29 is 4.79 Å². The van der Waals surface area contributed by atoms with Gasteiger partial charge in [-0.25, -0.2) is 9.97 Å². The van der Waals surface area contributed by atoms with Gasteiger partial charge in [0, 0.05) is 51.5 Å². The third-order valence-electron chi connectivity index (χ3n) is 5.49. The summed E-state index contributed by atoms with van der Waals surface area (Å²) in [4.78, 5) is 42.2. The van der Waals surface area contributed by atoms with Crippen LogP contribution in [0.5, 0.6) is 0 Å². The van der Waals surface area contributed by atoms with E-state index in [-0.39, 0.29) is 17.0 Å². The number of anilines is 2. The van der Waals surface area contributed by atoms with Gasteiger partial charge in [0.2, 0.25) is 0 Å². The minimum absolute atomic E-state index is 0.185. The first-order valence-corrected chi connectivity index (χ1v) is 9.79. The van der Waals surface area contributed by atoms with E-state index in [1.54, 1.807) is 29.6 Å². The van der Waals surface area contributed by atoms with Crippen LogP contribution in [0.3, 0.4) is 0 Å². The quantitative estimate of drug-likeness (QED) is 0.844. The number of piperidine rings is 1. The number of likely N-dealkylation sites (tertiary alicyclic amines) is 1. The monoisotopic (exact) mass is 382 g/mol. The van der Waals surface area contributed by atoms with Gasteiger partial charge < -0.3 is 19.7 Å². The Morgan fingerprint density at radius 3 is 2.43 bits per heavy atom. The molecule has 3 heterocycles. The molecule has 0 aromatic carbocycles. The maximum atomic E-state index is 12.7. The van der Waals surface area contributed by atoms with Crippen LogP contribution >= 0.6 is 0 Å². The molecule has 148 valence electrons. The second kappa shape index (κ2) is 7.61. The highest BCUT2D eigenvalue weighted by Crippen LogP contribution is 2.36. The summed E-state index contributed by atoms with van der Waals surface area (Å²) in [6.45, 7) is 1.29. The number of carbonyl (C=O) groups is 1. The molecule has 1 saturated carbocycles. The lowest BCUT2D eigenvalue weighted by atomic mass is 10.0. The highest BCUT2D eigenvalue weighted by atomic mass is 16.2. The molecule has 0 spiro atoms. The molecule has 2 aromatic rings. The van der Waals surface area contributed by atoms with E-state index in [2.05, 4.69) is 19.9 Å². The standard InChI is InChI=1S/C20H26N6O2/c1-24(2)17-12-18(23-13-22-17)26(14-5-6-14)15-7-10-25(11-8-15)20(28)16-4-3-9-21-19(16)27/h3-4,9,12-15H,5-8,10-11H2,1-2H3,(H,21,27). The first kappa shape index (κ1) is 18.5. The van der Waals surface area contributed by atoms with Gasteiger partial charge in [0.25, 0.3) is 11.5 Å². The molecule has 1 aliphatic heterocycles. The molecular formula is C20H26N6O2. The molecule has 2 fully saturated rings. The highest BCUT2D eigenvalue weighted by molar-refractivity contribution is 5.93. The Hall–Kier alpha value is -2.90. The number of aromatic amines is 1. The Balaban J connectivity index is 1.47. The van der Waals surface area contributed by atoms with Gasteiger partial charge in [0.05, 0.1) is 0 Å². The number of hydrogen-bond acceptors (Lipinski definition) is 6. The van der Waals surface area contributed by atoms with Crippen LogP contribution < -0.4 is 15.4 Å². The van der Waals surface area contributed by atoms with Crippen molar-refractivity contribution in [3.8, 4) is 0 Å². The molecule has 4 rings (SSSR count). The Morgan fingerprint density at radius 1 is 1.11 bits per heavy atom. The summed E-state index contributed by atoms with van der Waals surface area (Å²) >= 11 is 0. The molecule has 0 unspecified atom stereocenters. The minimum Gasteiger partial charge on any atom is -0.363 e. The third-order valence-corrected chi connectivity index (χ3v) is 5.49. The van der Waals surface area contributed by atoms with E-state index in [0.717, 1.165) is 24.5 Å². The van der Waals surface area contributed by atoms with E-state index in [4.69, 9.17) is 0 Å². The Kier molecular flexibility index (Phi) is 5.02. The first-order valence-electron chi connectivity index (χ1n) is 9.79. The minimum atomic E-state index is -0.327. The predicted molar refractivity (Wildman–Crippen MR) is 108 cm³/mol. The van der Waals surface area contributed by atoms with Crippen molar-refractivity contribution in [2.45, 2.75) is 37.8 Å². The van der Waals surface area contributed by atoms with Gasteiger partial charge in [-0.15, -0.1) is 0 Å². The number of carbonyl (C=O) groups excluding carboxylic acids is 1. The highest BCUT2D eigenvalue weighted by Gasteiger charge is 2.37. The van der Waals surface area contributed by atoms with Gasteiger partial charge in [-0.2, -0.15) is 0 Å². The lowest BCUT2D eigenvalue weighted by molar-refractivity contribution is 0.0710. The summed E-state index contributed by atoms with van der Waals surface area (Å²) in [6.07, 6.45) is 7.27. The lowest BCUT2D eigenvalue weighted by Crippen LogP contribution is -2.48. The molecule has 28 heavy (non-hydrogen) atoms. The predicted octanol–water partition coefficient (Wildman–Crippen LogP) is 1.50. The van der Waals surface area contributed by atoms with Crippen LogP contribution in [0.25, 0.3) is 0 Å². The smallest absolute Gasteiger partial charge is 0.260 e. The molecule has 1 aliphatic carbocycles. The molecule has 0 bridgehead atoms. The van der Waals surface area contributed by atoms with Gasteiger partial charge >= 0.3 is 0 Å². The van der Waals surface area contributed by atoms with Crippen molar-refractivity contribution in [3.05, 3.63) is 46.6 Å². The van der Waals surface area contributed by atoms with Gasteiger partial charge in [0.15, 0.2) is 0 Å². The third kappa shape index (κ3) is 3.72. The summed E-state index contributed by atoms with van der Waals surface area (Å²) in [7, 11) is 3.95.